The first kappa shape index (κ1) is 21.7. The van der Waals surface area contributed by atoms with Crippen LogP contribution in [-0.4, -0.2) is 44.9 Å². The molecule has 3 aromatic rings. The lowest BCUT2D eigenvalue weighted by atomic mass is 10.1. The molecular weight excluding hydrogens is 432 g/mol. The van der Waals surface area contributed by atoms with Crippen LogP contribution < -0.4 is 5.32 Å². The maximum atomic E-state index is 12.7. The second-order valence-electron chi connectivity index (χ2n) is 7.22. The zero-order valence-electron chi connectivity index (χ0n) is 17.2. The summed E-state index contributed by atoms with van der Waals surface area (Å²) in [5.41, 5.74) is 1.29. The molecule has 1 unspecified atom stereocenters. The number of hydrogen-bond donors (Lipinski definition) is 1. The maximum Gasteiger partial charge on any atom is 0.224 e. The van der Waals surface area contributed by atoms with Gasteiger partial charge in [0.05, 0.1) is 23.3 Å². The van der Waals surface area contributed by atoms with Crippen molar-refractivity contribution in [2.45, 2.75) is 44.0 Å². The Balaban J connectivity index is 1.45. The van der Waals surface area contributed by atoms with Crippen LogP contribution in [-0.2, 0) is 16.1 Å². The minimum Gasteiger partial charge on any atom is -0.376 e. The minimum atomic E-state index is -0.0539. The van der Waals surface area contributed by atoms with Crippen LogP contribution in [0.1, 0.15) is 36.5 Å². The summed E-state index contributed by atoms with van der Waals surface area (Å²) in [4.78, 5) is 25.3. The predicted molar refractivity (Wildman–Crippen MR) is 123 cm³/mol. The van der Waals surface area contributed by atoms with Crippen LogP contribution in [0.4, 0.5) is 5.69 Å². The number of thiophene rings is 1. The van der Waals surface area contributed by atoms with Crippen molar-refractivity contribution in [3.63, 3.8) is 0 Å². The fourth-order valence-electron chi connectivity index (χ4n) is 3.34. The molecule has 7 nitrogen and oxygen atoms in total. The summed E-state index contributed by atoms with van der Waals surface area (Å²) in [5, 5.41) is 14.3. The van der Waals surface area contributed by atoms with Gasteiger partial charge in [0.15, 0.2) is 16.8 Å². The number of aromatic nitrogens is 3. The molecule has 1 fully saturated rings. The molecule has 0 bridgehead atoms. The second-order valence-corrected chi connectivity index (χ2v) is 9.11. The number of ether oxygens (including phenoxy) is 1. The quantitative estimate of drug-likeness (QED) is 0.377. The molecule has 1 amide bonds. The first-order valence-corrected chi connectivity index (χ1v) is 12.1. The molecule has 1 aromatic carbocycles. The van der Waals surface area contributed by atoms with E-state index in [1.165, 1.54) is 11.8 Å². The number of carbonyl (C=O) groups excluding carboxylic acids is 2. The average molecular weight is 457 g/mol. The molecule has 0 aliphatic carbocycles. The molecule has 1 atom stereocenters. The molecule has 1 aliphatic heterocycles. The van der Waals surface area contributed by atoms with Gasteiger partial charge in [0.2, 0.25) is 5.91 Å². The van der Waals surface area contributed by atoms with Crippen molar-refractivity contribution < 1.29 is 14.3 Å². The van der Waals surface area contributed by atoms with Crippen molar-refractivity contribution in [2.75, 3.05) is 17.7 Å². The number of thioether (sulfide) groups is 1. The van der Waals surface area contributed by atoms with E-state index in [-0.39, 0.29) is 23.5 Å². The topological polar surface area (TPSA) is 86.1 Å². The van der Waals surface area contributed by atoms with Gasteiger partial charge < -0.3 is 10.1 Å². The summed E-state index contributed by atoms with van der Waals surface area (Å²) in [7, 11) is 0. The molecule has 1 N–H and O–H groups in total. The standard InChI is InChI=1S/C22H24N4O3S2/c1-2-20(28)23-16-9-7-15(8-10-16)18(27)14-31-22-25-24-21(19-6-4-12-30-19)26(22)13-17-5-3-11-29-17/h4,6-10,12,17H,2-3,5,11,13-14H2,1H3,(H,23,28). The number of benzene rings is 1. The van der Waals surface area contributed by atoms with Gasteiger partial charge in [0, 0.05) is 24.3 Å². The number of ketones is 1. The van der Waals surface area contributed by atoms with E-state index < -0.39 is 0 Å². The molecule has 162 valence electrons. The highest BCUT2D eigenvalue weighted by atomic mass is 32.2. The molecular formula is C22H24N4O3S2. The Labute approximate surface area is 189 Å². The minimum absolute atomic E-state index is 0.00251. The lowest BCUT2D eigenvalue weighted by molar-refractivity contribution is -0.115. The van der Waals surface area contributed by atoms with Gasteiger partial charge in [0.1, 0.15) is 0 Å². The predicted octanol–water partition coefficient (Wildman–Crippen LogP) is 4.51. The average Bonchev–Trinajstić information content (AvgIpc) is 3.55. The van der Waals surface area contributed by atoms with E-state index in [0.29, 0.717) is 24.2 Å². The SMILES string of the molecule is CCC(=O)Nc1ccc(C(=O)CSc2nnc(-c3cccs3)n2CC2CCCO2)cc1. The highest BCUT2D eigenvalue weighted by molar-refractivity contribution is 7.99. The zero-order chi connectivity index (χ0) is 21.6. The van der Waals surface area contributed by atoms with Crippen LogP contribution in [0.15, 0.2) is 46.9 Å². The third-order valence-corrected chi connectivity index (χ3v) is 6.85. The Bertz CT molecular complexity index is 1030. The number of carbonyl (C=O) groups is 2. The Morgan fingerprint density at radius 3 is 2.77 bits per heavy atom. The van der Waals surface area contributed by atoms with Gasteiger partial charge in [-0.2, -0.15) is 0 Å². The molecule has 0 radical (unpaired) electrons. The van der Waals surface area contributed by atoms with E-state index in [0.717, 1.165) is 35.3 Å². The lowest BCUT2D eigenvalue weighted by Gasteiger charge is -2.14. The van der Waals surface area contributed by atoms with Gasteiger partial charge in [0.25, 0.3) is 0 Å². The van der Waals surface area contributed by atoms with Crippen LogP contribution in [0.3, 0.4) is 0 Å². The van der Waals surface area contributed by atoms with Crippen LogP contribution in [0, 0.1) is 0 Å². The van der Waals surface area contributed by atoms with E-state index in [4.69, 9.17) is 4.74 Å². The highest BCUT2D eigenvalue weighted by Crippen LogP contribution is 2.29. The summed E-state index contributed by atoms with van der Waals surface area (Å²) < 4.78 is 7.89. The number of hydrogen-bond acceptors (Lipinski definition) is 7. The van der Waals surface area contributed by atoms with E-state index in [9.17, 15) is 9.59 Å². The number of amides is 1. The molecule has 3 heterocycles. The van der Waals surface area contributed by atoms with Crippen LogP contribution in [0.2, 0.25) is 0 Å². The maximum absolute atomic E-state index is 12.7. The lowest BCUT2D eigenvalue weighted by Crippen LogP contribution is -2.17. The smallest absolute Gasteiger partial charge is 0.224 e. The first-order chi connectivity index (χ1) is 15.1. The largest absolute Gasteiger partial charge is 0.376 e. The number of anilines is 1. The van der Waals surface area contributed by atoms with Gasteiger partial charge in [-0.05, 0) is 48.6 Å². The van der Waals surface area contributed by atoms with Crippen LogP contribution in [0.25, 0.3) is 10.7 Å². The number of nitrogens with one attached hydrogen (secondary N) is 1. The summed E-state index contributed by atoms with van der Waals surface area (Å²) in [6, 6.07) is 11.0. The van der Waals surface area contributed by atoms with Crippen molar-refractivity contribution in [1.82, 2.24) is 14.8 Å². The van der Waals surface area contributed by atoms with Gasteiger partial charge >= 0.3 is 0 Å². The Kier molecular flexibility index (Phi) is 7.16. The third-order valence-electron chi connectivity index (χ3n) is 5.01. The molecule has 1 aliphatic rings. The molecule has 0 saturated carbocycles. The fourth-order valence-corrected chi connectivity index (χ4v) is 4.90. The van der Waals surface area contributed by atoms with Gasteiger partial charge in [-0.15, -0.1) is 21.5 Å². The zero-order valence-corrected chi connectivity index (χ0v) is 18.9. The summed E-state index contributed by atoms with van der Waals surface area (Å²) >= 11 is 3.01. The molecule has 4 rings (SSSR count). The van der Waals surface area contributed by atoms with Crippen molar-refractivity contribution in [1.29, 1.82) is 0 Å². The van der Waals surface area contributed by atoms with Gasteiger partial charge in [-0.3, -0.25) is 14.2 Å². The fraction of sp³-hybridized carbons (Fsp3) is 0.364. The van der Waals surface area contributed by atoms with E-state index in [1.54, 1.807) is 42.5 Å². The summed E-state index contributed by atoms with van der Waals surface area (Å²) in [6.45, 7) is 3.27. The van der Waals surface area contributed by atoms with E-state index >= 15 is 0 Å². The molecule has 2 aromatic heterocycles. The normalized spacial score (nSPS) is 15.8. The van der Waals surface area contributed by atoms with E-state index in [2.05, 4.69) is 20.1 Å². The number of nitrogens with zero attached hydrogens (tertiary/aromatic N) is 3. The first-order valence-electron chi connectivity index (χ1n) is 10.3. The Morgan fingerprint density at radius 2 is 2.10 bits per heavy atom. The highest BCUT2D eigenvalue weighted by Gasteiger charge is 2.22. The summed E-state index contributed by atoms with van der Waals surface area (Å²) in [5.74, 6) is 1.02. The van der Waals surface area contributed by atoms with Crippen LogP contribution >= 0.6 is 23.1 Å². The molecule has 9 heteroatoms. The molecule has 1 saturated heterocycles. The van der Waals surface area contributed by atoms with Gasteiger partial charge in [-0.1, -0.05) is 24.8 Å². The number of rotatable bonds is 9. The van der Waals surface area contributed by atoms with Crippen molar-refractivity contribution in [2.24, 2.45) is 0 Å². The van der Waals surface area contributed by atoms with Crippen molar-refractivity contribution in [3.8, 4) is 10.7 Å². The van der Waals surface area contributed by atoms with Crippen molar-refractivity contribution in [3.05, 3.63) is 47.3 Å². The van der Waals surface area contributed by atoms with Crippen LogP contribution in [0.5, 0.6) is 0 Å². The molecule has 0 spiro atoms. The number of Topliss-reactive ketones (excluding diaryl/α,β-unsaturated/α-hetero) is 1. The second kappa shape index (κ2) is 10.2. The third kappa shape index (κ3) is 5.41. The Morgan fingerprint density at radius 1 is 1.26 bits per heavy atom. The van der Waals surface area contributed by atoms with E-state index in [1.807, 2.05) is 17.5 Å². The van der Waals surface area contributed by atoms with Crippen molar-refractivity contribution >= 4 is 40.5 Å². The Hall–Kier alpha value is -2.49. The monoisotopic (exact) mass is 456 g/mol. The molecule has 31 heavy (non-hydrogen) atoms. The summed E-state index contributed by atoms with van der Waals surface area (Å²) in [6.07, 6.45) is 2.65. The van der Waals surface area contributed by atoms with Gasteiger partial charge in [-0.25, -0.2) is 0 Å².